The smallest absolute Gasteiger partial charge is 0.234 e. The van der Waals surface area contributed by atoms with E-state index < -0.39 is 0 Å². The first-order valence-corrected chi connectivity index (χ1v) is 8.74. The van der Waals surface area contributed by atoms with E-state index in [1.54, 1.807) is 25.2 Å². The van der Waals surface area contributed by atoms with Crippen LogP contribution < -0.4 is 10.6 Å². The van der Waals surface area contributed by atoms with Gasteiger partial charge in [0, 0.05) is 17.3 Å². The third-order valence-electron chi connectivity index (χ3n) is 3.19. The summed E-state index contributed by atoms with van der Waals surface area (Å²) in [4.78, 5) is 25.2. The Hall–Kier alpha value is -1.73. The van der Waals surface area contributed by atoms with E-state index in [2.05, 4.69) is 32.5 Å². The Morgan fingerprint density at radius 3 is 2.74 bits per heavy atom. The van der Waals surface area contributed by atoms with Crippen LogP contribution >= 0.6 is 22.9 Å². The Morgan fingerprint density at radius 1 is 1.35 bits per heavy atom. The van der Waals surface area contributed by atoms with Crippen LogP contribution in [0.1, 0.15) is 37.4 Å². The van der Waals surface area contributed by atoms with Crippen molar-refractivity contribution in [2.75, 3.05) is 10.6 Å². The summed E-state index contributed by atoms with van der Waals surface area (Å²) in [6.45, 7) is 5.61. The highest BCUT2D eigenvalue weighted by atomic mass is 35.5. The van der Waals surface area contributed by atoms with E-state index in [-0.39, 0.29) is 17.9 Å². The molecule has 2 aromatic heterocycles. The number of amides is 1. The molecule has 0 aliphatic heterocycles. The molecule has 0 aliphatic carbocycles. The summed E-state index contributed by atoms with van der Waals surface area (Å²) in [7, 11) is 0. The molecule has 124 valence electrons. The number of nitrogens with zero attached hydrogens (tertiary/aromatic N) is 3. The summed E-state index contributed by atoms with van der Waals surface area (Å²) < 4.78 is 0. The standard InChI is InChI=1S/C15H20ClN5OS/c1-4-13(22)20-15-19-10(3)18-14(21-15)17-9(2)5-6-12-11(16)7-8-23-12/h7-9H,4-6H2,1-3H3,(H2,17,18,19,20,21,22). The molecule has 1 atom stereocenters. The number of hydrogen-bond donors (Lipinski definition) is 2. The van der Waals surface area contributed by atoms with Gasteiger partial charge in [0.05, 0.1) is 5.02 Å². The molecular formula is C15H20ClN5OS. The molecule has 2 rings (SSSR count). The Balaban J connectivity index is 1.95. The molecule has 0 saturated heterocycles. The highest BCUT2D eigenvalue weighted by Gasteiger charge is 2.10. The van der Waals surface area contributed by atoms with Crippen molar-refractivity contribution in [2.45, 2.75) is 46.1 Å². The van der Waals surface area contributed by atoms with Gasteiger partial charge in [-0.25, -0.2) is 0 Å². The topological polar surface area (TPSA) is 79.8 Å². The van der Waals surface area contributed by atoms with Crippen LogP contribution in [0.4, 0.5) is 11.9 Å². The zero-order chi connectivity index (χ0) is 16.8. The molecule has 0 aliphatic rings. The predicted molar refractivity (Wildman–Crippen MR) is 94.2 cm³/mol. The van der Waals surface area contributed by atoms with Crippen LogP contribution in [-0.4, -0.2) is 26.9 Å². The molecule has 0 radical (unpaired) electrons. The lowest BCUT2D eigenvalue weighted by molar-refractivity contribution is -0.115. The highest BCUT2D eigenvalue weighted by Crippen LogP contribution is 2.24. The predicted octanol–water partition coefficient (Wildman–Crippen LogP) is 3.68. The van der Waals surface area contributed by atoms with E-state index >= 15 is 0 Å². The van der Waals surface area contributed by atoms with Crippen LogP contribution in [0.25, 0.3) is 0 Å². The number of halogens is 1. The van der Waals surface area contributed by atoms with Crippen LogP contribution in [0, 0.1) is 6.92 Å². The summed E-state index contributed by atoms with van der Waals surface area (Å²) in [6.07, 6.45) is 2.18. The lowest BCUT2D eigenvalue weighted by Gasteiger charge is -2.14. The van der Waals surface area contributed by atoms with Crippen molar-refractivity contribution in [1.82, 2.24) is 15.0 Å². The second kappa shape index (κ2) is 8.21. The lowest BCUT2D eigenvalue weighted by atomic mass is 10.1. The van der Waals surface area contributed by atoms with Gasteiger partial charge >= 0.3 is 0 Å². The number of carbonyl (C=O) groups excluding carboxylic acids is 1. The molecular weight excluding hydrogens is 334 g/mol. The molecule has 1 unspecified atom stereocenters. The Bertz CT molecular complexity index is 676. The minimum Gasteiger partial charge on any atom is -0.352 e. The van der Waals surface area contributed by atoms with E-state index in [4.69, 9.17) is 11.6 Å². The van der Waals surface area contributed by atoms with Crippen molar-refractivity contribution in [3.05, 3.63) is 27.2 Å². The quantitative estimate of drug-likeness (QED) is 0.793. The number of nitrogens with one attached hydrogen (secondary N) is 2. The van der Waals surface area contributed by atoms with Gasteiger partial charge in [-0.2, -0.15) is 15.0 Å². The van der Waals surface area contributed by atoms with Crippen molar-refractivity contribution in [3.63, 3.8) is 0 Å². The summed E-state index contributed by atoms with van der Waals surface area (Å²) in [6, 6.07) is 2.09. The average molecular weight is 354 g/mol. The molecule has 1 amide bonds. The molecule has 2 heterocycles. The number of aryl methyl sites for hydroxylation is 2. The third-order valence-corrected chi connectivity index (χ3v) is 4.64. The summed E-state index contributed by atoms with van der Waals surface area (Å²) in [5.41, 5.74) is 0. The van der Waals surface area contributed by atoms with E-state index in [0.717, 1.165) is 17.9 Å². The fourth-order valence-electron chi connectivity index (χ4n) is 1.96. The van der Waals surface area contributed by atoms with Crippen molar-refractivity contribution in [3.8, 4) is 0 Å². The highest BCUT2D eigenvalue weighted by molar-refractivity contribution is 7.10. The Kier molecular flexibility index (Phi) is 6.29. The minimum absolute atomic E-state index is 0.123. The number of rotatable bonds is 7. The molecule has 6 nitrogen and oxygen atoms in total. The number of aromatic nitrogens is 3. The van der Waals surface area contributed by atoms with E-state index in [1.165, 1.54) is 4.88 Å². The monoisotopic (exact) mass is 353 g/mol. The minimum atomic E-state index is -0.123. The van der Waals surface area contributed by atoms with Gasteiger partial charge in [0.25, 0.3) is 0 Å². The normalized spacial score (nSPS) is 12.0. The zero-order valence-corrected chi connectivity index (χ0v) is 15.0. The van der Waals surface area contributed by atoms with Gasteiger partial charge in [-0.05, 0) is 38.1 Å². The maximum atomic E-state index is 11.4. The summed E-state index contributed by atoms with van der Waals surface area (Å²) in [5.74, 6) is 1.18. The fraction of sp³-hybridized carbons (Fsp3) is 0.467. The molecule has 0 spiro atoms. The average Bonchev–Trinajstić information content (AvgIpc) is 2.89. The van der Waals surface area contributed by atoms with Crippen molar-refractivity contribution in [2.24, 2.45) is 0 Å². The van der Waals surface area contributed by atoms with Gasteiger partial charge in [0.1, 0.15) is 5.82 Å². The molecule has 0 bridgehead atoms. The largest absolute Gasteiger partial charge is 0.352 e. The number of hydrogen-bond acceptors (Lipinski definition) is 6. The molecule has 2 N–H and O–H groups in total. The first-order chi connectivity index (χ1) is 11.0. The van der Waals surface area contributed by atoms with Gasteiger partial charge in [-0.1, -0.05) is 18.5 Å². The lowest BCUT2D eigenvalue weighted by Crippen LogP contribution is -2.20. The summed E-state index contributed by atoms with van der Waals surface area (Å²) in [5, 5.41) is 8.71. The van der Waals surface area contributed by atoms with Crippen molar-refractivity contribution in [1.29, 1.82) is 0 Å². The summed E-state index contributed by atoms with van der Waals surface area (Å²) >= 11 is 7.77. The van der Waals surface area contributed by atoms with E-state index in [0.29, 0.717) is 18.2 Å². The van der Waals surface area contributed by atoms with Crippen molar-refractivity contribution < 1.29 is 4.79 Å². The molecule has 0 fully saturated rings. The number of anilines is 2. The van der Waals surface area contributed by atoms with Gasteiger partial charge in [-0.3, -0.25) is 10.1 Å². The molecule has 23 heavy (non-hydrogen) atoms. The van der Waals surface area contributed by atoms with Gasteiger partial charge in [-0.15, -0.1) is 11.3 Å². The van der Waals surface area contributed by atoms with Gasteiger partial charge in [0.15, 0.2) is 0 Å². The molecule has 8 heteroatoms. The third kappa shape index (κ3) is 5.44. The molecule has 0 aromatic carbocycles. The SMILES string of the molecule is CCC(=O)Nc1nc(C)nc(NC(C)CCc2sccc2Cl)n1. The number of thiophene rings is 1. The van der Waals surface area contributed by atoms with Crippen LogP contribution in [0.3, 0.4) is 0 Å². The Morgan fingerprint density at radius 2 is 2.09 bits per heavy atom. The number of carbonyl (C=O) groups is 1. The zero-order valence-electron chi connectivity index (χ0n) is 13.4. The van der Waals surface area contributed by atoms with Crippen LogP contribution in [-0.2, 0) is 11.2 Å². The van der Waals surface area contributed by atoms with Gasteiger partial charge in [0.2, 0.25) is 17.8 Å². The molecule has 2 aromatic rings. The molecule has 0 saturated carbocycles. The first kappa shape index (κ1) is 17.6. The second-order valence-electron chi connectivity index (χ2n) is 5.21. The second-order valence-corrected chi connectivity index (χ2v) is 6.62. The van der Waals surface area contributed by atoms with Crippen LogP contribution in [0.15, 0.2) is 11.4 Å². The fourth-order valence-corrected chi connectivity index (χ4v) is 3.11. The first-order valence-electron chi connectivity index (χ1n) is 7.49. The van der Waals surface area contributed by atoms with Crippen molar-refractivity contribution >= 4 is 40.7 Å². The van der Waals surface area contributed by atoms with Gasteiger partial charge < -0.3 is 5.32 Å². The Labute approximate surface area is 144 Å². The van der Waals surface area contributed by atoms with Crippen LogP contribution in [0.5, 0.6) is 0 Å². The maximum absolute atomic E-state index is 11.4. The van der Waals surface area contributed by atoms with E-state index in [9.17, 15) is 4.79 Å². The van der Waals surface area contributed by atoms with E-state index in [1.807, 2.05) is 11.4 Å². The van der Waals surface area contributed by atoms with Crippen LogP contribution in [0.2, 0.25) is 5.02 Å². The maximum Gasteiger partial charge on any atom is 0.234 e.